The smallest absolute Gasteiger partial charge is 0.180 e. The molecule has 1 heterocycles. The summed E-state index contributed by atoms with van der Waals surface area (Å²) in [5.41, 5.74) is 0. The zero-order valence-corrected chi connectivity index (χ0v) is 18.8. The number of epoxide rings is 1. The van der Waals surface area contributed by atoms with E-state index >= 15 is 0 Å². The molecule has 4 unspecified atom stereocenters. The van der Waals surface area contributed by atoms with Crippen LogP contribution in [0.3, 0.4) is 0 Å². The van der Waals surface area contributed by atoms with Gasteiger partial charge in [-0.25, -0.2) is 0 Å². The van der Waals surface area contributed by atoms with E-state index in [2.05, 4.69) is 6.92 Å². The third-order valence-corrected chi connectivity index (χ3v) is 6.76. The van der Waals surface area contributed by atoms with Crippen LogP contribution in [-0.4, -0.2) is 45.9 Å². The summed E-state index contributed by atoms with van der Waals surface area (Å²) in [6, 6.07) is 0. The van der Waals surface area contributed by atoms with Gasteiger partial charge in [0.1, 0.15) is 0 Å². The van der Waals surface area contributed by atoms with Crippen molar-refractivity contribution in [3.05, 3.63) is 0 Å². The van der Waals surface area contributed by atoms with E-state index in [1.54, 1.807) is 14.2 Å². The molecule has 0 aromatic carbocycles. The van der Waals surface area contributed by atoms with Crippen LogP contribution in [-0.2, 0) is 18.9 Å². The highest BCUT2D eigenvalue weighted by Crippen LogP contribution is 2.41. The summed E-state index contributed by atoms with van der Waals surface area (Å²) in [6.45, 7) is 3.64. The van der Waals surface area contributed by atoms with Gasteiger partial charge in [-0.15, -0.1) is 0 Å². The van der Waals surface area contributed by atoms with Gasteiger partial charge in [0.2, 0.25) is 0 Å². The van der Waals surface area contributed by atoms with Crippen LogP contribution in [0.15, 0.2) is 0 Å². The van der Waals surface area contributed by atoms with Crippen molar-refractivity contribution in [2.45, 2.75) is 115 Å². The average Bonchev–Trinajstić information content (AvgIpc) is 3.49. The number of unbranched alkanes of at least 4 members (excludes halogenated alkanes) is 6. The number of ether oxygens (including phenoxy) is 4. The fourth-order valence-electron chi connectivity index (χ4n) is 4.71. The molecule has 166 valence electrons. The van der Waals surface area contributed by atoms with Gasteiger partial charge in [0.25, 0.3) is 0 Å². The fourth-order valence-corrected chi connectivity index (χ4v) is 4.71. The molecular weight excluding hydrogens is 352 g/mol. The van der Waals surface area contributed by atoms with Crippen molar-refractivity contribution in [2.24, 2.45) is 11.8 Å². The lowest BCUT2D eigenvalue weighted by molar-refractivity contribution is -0.141. The Morgan fingerprint density at radius 1 is 0.857 bits per heavy atom. The molecule has 1 saturated carbocycles. The van der Waals surface area contributed by atoms with Crippen LogP contribution < -0.4 is 0 Å². The first-order chi connectivity index (χ1) is 13.8. The normalized spacial score (nSPS) is 25.1. The highest BCUT2D eigenvalue weighted by molar-refractivity contribution is 4.91. The molecule has 1 aliphatic carbocycles. The van der Waals surface area contributed by atoms with Gasteiger partial charge in [0, 0.05) is 20.8 Å². The van der Waals surface area contributed by atoms with E-state index in [-0.39, 0.29) is 6.29 Å². The van der Waals surface area contributed by atoms with Crippen LogP contribution in [0.2, 0.25) is 0 Å². The topological polar surface area (TPSA) is 40.2 Å². The summed E-state index contributed by atoms with van der Waals surface area (Å²) in [7, 11) is 3.33. The zero-order valence-electron chi connectivity index (χ0n) is 18.8. The molecule has 2 aliphatic rings. The molecule has 0 aromatic heterocycles. The lowest BCUT2D eigenvalue weighted by atomic mass is 9.82. The molecule has 1 aliphatic heterocycles. The maximum atomic E-state index is 5.83. The molecule has 2 fully saturated rings. The first-order valence-electron chi connectivity index (χ1n) is 12.1. The Bertz CT molecular complexity index is 372. The standard InChI is InChI=1S/C24H46O4/c1-4-5-6-7-8-9-10-11-20(16-17-27-19-24(25-2)26-3)12-13-21-14-15-22-23(18-21)28-22/h20-24H,4-19H2,1-3H3. The van der Waals surface area contributed by atoms with Gasteiger partial charge in [-0.2, -0.15) is 0 Å². The average molecular weight is 399 g/mol. The van der Waals surface area contributed by atoms with E-state index in [4.69, 9.17) is 18.9 Å². The maximum Gasteiger partial charge on any atom is 0.180 e. The van der Waals surface area contributed by atoms with Crippen molar-refractivity contribution in [3.8, 4) is 0 Å². The van der Waals surface area contributed by atoms with Crippen LogP contribution in [0.1, 0.15) is 96.8 Å². The van der Waals surface area contributed by atoms with E-state index in [9.17, 15) is 0 Å². The first kappa shape index (κ1) is 24.1. The summed E-state index contributed by atoms with van der Waals surface area (Å²) in [5, 5.41) is 0. The van der Waals surface area contributed by atoms with Crippen molar-refractivity contribution in [2.75, 3.05) is 27.4 Å². The van der Waals surface area contributed by atoms with Crippen LogP contribution in [0, 0.1) is 11.8 Å². The van der Waals surface area contributed by atoms with Crippen molar-refractivity contribution in [1.82, 2.24) is 0 Å². The summed E-state index contributed by atoms with van der Waals surface area (Å²) in [6.07, 6.45) is 20.0. The molecule has 4 heteroatoms. The number of fused-ring (bicyclic) bond motifs is 1. The Hall–Kier alpha value is -0.160. The molecule has 2 rings (SSSR count). The zero-order chi connectivity index (χ0) is 20.0. The summed E-state index contributed by atoms with van der Waals surface area (Å²) in [5.74, 6) is 1.70. The SMILES string of the molecule is CCCCCCCCCC(CCOCC(OC)OC)CCC1CCC2OC2C1. The lowest BCUT2D eigenvalue weighted by Crippen LogP contribution is -2.21. The minimum Gasteiger partial charge on any atom is -0.376 e. The number of rotatable bonds is 18. The number of hydrogen-bond donors (Lipinski definition) is 0. The lowest BCUT2D eigenvalue weighted by Gasteiger charge is -2.23. The maximum absolute atomic E-state index is 5.83. The van der Waals surface area contributed by atoms with Crippen molar-refractivity contribution < 1.29 is 18.9 Å². The van der Waals surface area contributed by atoms with Gasteiger partial charge in [0.05, 0.1) is 18.8 Å². The Morgan fingerprint density at radius 3 is 2.32 bits per heavy atom. The molecule has 4 nitrogen and oxygen atoms in total. The molecule has 0 bridgehead atoms. The van der Waals surface area contributed by atoms with Crippen molar-refractivity contribution in [1.29, 1.82) is 0 Å². The predicted octanol–water partition coefficient (Wildman–Crippen LogP) is 6.12. The molecule has 0 aromatic rings. The van der Waals surface area contributed by atoms with E-state index in [1.807, 2.05) is 0 Å². The second-order valence-electron chi connectivity index (χ2n) is 9.01. The predicted molar refractivity (Wildman–Crippen MR) is 115 cm³/mol. The second-order valence-corrected chi connectivity index (χ2v) is 9.01. The van der Waals surface area contributed by atoms with Gasteiger partial charge >= 0.3 is 0 Å². The van der Waals surface area contributed by atoms with Gasteiger partial charge in [0.15, 0.2) is 6.29 Å². The largest absolute Gasteiger partial charge is 0.376 e. The minimum absolute atomic E-state index is 0.240. The Balaban J connectivity index is 1.60. The van der Waals surface area contributed by atoms with E-state index in [1.165, 1.54) is 89.9 Å². The van der Waals surface area contributed by atoms with Gasteiger partial charge in [-0.05, 0) is 37.5 Å². The third-order valence-electron chi connectivity index (χ3n) is 6.76. The van der Waals surface area contributed by atoms with Crippen LogP contribution in [0.5, 0.6) is 0 Å². The van der Waals surface area contributed by atoms with E-state index < -0.39 is 0 Å². The molecule has 0 amide bonds. The van der Waals surface area contributed by atoms with E-state index in [0.29, 0.717) is 18.8 Å². The molecule has 1 saturated heterocycles. The summed E-state index contributed by atoms with van der Waals surface area (Å²) < 4.78 is 22.0. The molecule has 0 radical (unpaired) electrons. The van der Waals surface area contributed by atoms with Gasteiger partial charge < -0.3 is 18.9 Å². The first-order valence-corrected chi connectivity index (χ1v) is 12.1. The molecule has 28 heavy (non-hydrogen) atoms. The summed E-state index contributed by atoms with van der Waals surface area (Å²) in [4.78, 5) is 0. The quantitative estimate of drug-likeness (QED) is 0.158. The van der Waals surface area contributed by atoms with E-state index in [0.717, 1.165) is 18.4 Å². The van der Waals surface area contributed by atoms with Gasteiger partial charge in [-0.1, -0.05) is 71.1 Å². The van der Waals surface area contributed by atoms with Crippen LogP contribution in [0.25, 0.3) is 0 Å². The number of methoxy groups -OCH3 is 2. The number of hydrogen-bond acceptors (Lipinski definition) is 4. The fraction of sp³-hybridized carbons (Fsp3) is 1.00. The Morgan fingerprint density at radius 2 is 1.61 bits per heavy atom. The monoisotopic (exact) mass is 398 g/mol. The Kier molecular flexibility index (Phi) is 12.7. The summed E-state index contributed by atoms with van der Waals surface area (Å²) >= 11 is 0. The molecular formula is C24H46O4. The van der Waals surface area contributed by atoms with Crippen molar-refractivity contribution in [3.63, 3.8) is 0 Å². The third kappa shape index (κ3) is 10.0. The Labute approximate surface area is 174 Å². The minimum atomic E-state index is -0.240. The van der Waals surface area contributed by atoms with Crippen molar-refractivity contribution >= 4 is 0 Å². The second kappa shape index (κ2) is 14.8. The van der Waals surface area contributed by atoms with Gasteiger partial charge in [-0.3, -0.25) is 0 Å². The molecule has 0 spiro atoms. The molecule has 4 atom stereocenters. The highest BCUT2D eigenvalue weighted by Gasteiger charge is 2.43. The highest BCUT2D eigenvalue weighted by atomic mass is 16.7. The van der Waals surface area contributed by atoms with Crippen LogP contribution >= 0.6 is 0 Å². The van der Waals surface area contributed by atoms with Crippen LogP contribution in [0.4, 0.5) is 0 Å². The molecule has 0 N–H and O–H groups in total.